The largest absolute Gasteiger partial charge is 0.478 e. The summed E-state index contributed by atoms with van der Waals surface area (Å²) in [4.78, 5) is 26.9. The van der Waals surface area contributed by atoms with Crippen LogP contribution in [0.25, 0.3) is 0 Å². The fourth-order valence-electron chi connectivity index (χ4n) is 1.69. The maximum absolute atomic E-state index is 11.9. The molecule has 20 heavy (non-hydrogen) atoms. The molecule has 0 bridgehead atoms. The third kappa shape index (κ3) is 3.55. The third-order valence-electron chi connectivity index (χ3n) is 2.57. The number of carboxylic acid groups (broad SMARTS) is 1. The second-order valence-corrected chi connectivity index (χ2v) is 4.52. The number of halogens is 1. The first-order chi connectivity index (χ1) is 9.56. The number of pyridine rings is 1. The summed E-state index contributed by atoms with van der Waals surface area (Å²) in [5.74, 6) is -1.46. The summed E-state index contributed by atoms with van der Waals surface area (Å²) >= 11 is 5.81. The maximum Gasteiger partial charge on any atom is 0.337 e. The van der Waals surface area contributed by atoms with Crippen LogP contribution in [0.3, 0.4) is 0 Å². The van der Waals surface area contributed by atoms with Crippen molar-refractivity contribution >= 4 is 29.2 Å². The van der Waals surface area contributed by atoms with E-state index in [4.69, 9.17) is 16.7 Å². The van der Waals surface area contributed by atoms with E-state index in [2.05, 4.69) is 10.3 Å². The minimum atomic E-state index is -1.13. The maximum atomic E-state index is 11.9. The Balaban J connectivity index is 2.15. The lowest BCUT2D eigenvalue weighted by Gasteiger charge is -2.09. The van der Waals surface area contributed by atoms with Crippen molar-refractivity contribution in [2.45, 2.75) is 6.42 Å². The number of carbonyl (C=O) groups excluding carboxylic acids is 1. The van der Waals surface area contributed by atoms with Crippen LogP contribution < -0.4 is 5.32 Å². The molecule has 0 fully saturated rings. The molecule has 1 aromatic heterocycles. The molecule has 5 nitrogen and oxygen atoms in total. The molecule has 0 radical (unpaired) electrons. The second kappa shape index (κ2) is 6.16. The molecule has 102 valence electrons. The topological polar surface area (TPSA) is 79.3 Å². The third-order valence-corrected chi connectivity index (χ3v) is 2.81. The number of aromatic nitrogens is 1. The lowest BCUT2D eigenvalue weighted by molar-refractivity contribution is -0.115. The smallest absolute Gasteiger partial charge is 0.337 e. The molecule has 1 aromatic carbocycles. The highest BCUT2D eigenvalue weighted by Gasteiger charge is 2.13. The SMILES string of the molecule is O=C(Cc1cccnc1)Nc1cc(Cl)ccc1C(=O)O. The Morgan fingerprint density at radius 3 is 2.75 bits per heavy atom. The van der Waals surface area contributed by atoms with Crippen LogP contribution in [0.5, 0.6) is 0 Å². The molecular weight excluding hydrogens is 280 g/mol. The Hall–Kier alpha value is -2.40. The highest BCUT2D eigenvalue weighted by atomic mass is 35.5. The molecule has 0 saturated heterocycles. The minimum absolute atomic E-state index is 0.00561. The Morgan fingerprint density at radius 2 is 2.10 bits per heavy atom. The van der Waals surface area contributed by atoms with E-state index >= 15 is 0 Å². The average Bonchev–Trinajstić information content (AvgIpc) is 2.39. The van der Waals surface area contributed by atoms with Gasteiger partial charge in [-0.3, -0.25) is 9.78 Å². The van der Waals surface area contributed by atoms with Gasteiger partial charge in [0.05, 0.1) is 17.7 Å². The van der Waals surface area contributed by atoms with E-state index in [-0.39, 0.29) is 23.6 Å². The van der Waals surface area contributed by atoms with Crippen molar-refractivity contribution in [2.75, 3.05) is 5.32 Å². The molecule has 6 heteroatoms. The van der Waals surface area contributed by atoms with Crippen LogP contribution in [0.15, 0.2) is 42.7 Å². The number of carboxylic acids is 1. The van der Waals surface area contributed by atoms with Gasteiger partial charge in [0.15, 0.2) is 0 Å². The summed E-state index contributed by atoms with van der Waals surface area (Å²) in [7, 11) is 0. The van der Waals surface area contributed by atoms with Crippen LogP contribution >= 0.6 is 11.6 Å². The monoisotopic (exact) mass is 290 g/mol. The number of carbonyl (C=O) groups is 2. The van der Waals surface area contributed by atoms with Crippen molar-refractivity contribution in [3.05, 3.63) is 58.9 Å². The van der Waals surface area contributed by atoms with Crippen molar-refractivity contribution < 1.29 is 14.7 Å². The molecule has 0 aliphatic rings. The number of amides is 1. The zero-order valence-corrected chi connectivity index (χ0v) is 11.1. The molecule has 0 unspecified atom stereocenters. The first-order valence-corrected chi connectivity index (χ1v) is 6.15. The highest BCUT2D eigenvalue weighted by Crippen LogP contribution is 2.21. The summed E-state index contributed by atoms with van der Waals surface area (Å²) in [6.07, 6.45) is 3.30. The van der Waals surface area contributed by atoms with Gasteiger partial charge in [0.2, 0.25) is 5.91 Å². The Morgan fingerprint density at radius 1 is 1.30 bits per heavy atom. The lowest BCUT2D eigenvalue weighted by Crippen LogP contribution is -2.16. The molecule has 0 aliphatic carbocycles. The zero-order valence-electron chi connectivity index (χ0n) is 10.3. The summed E-state index contributed by atoms with van der Waals surface area (Å²) in [5.41, 5.74) is 0.914. The van der Waals surface area contributed by atoms with Crippen LogP contribution in [0.1, 0.15) is 15.9 Å². The molecule has 2 rings (SSSR count). The normalized spacial score (nSPS) is 10.1. The van der Waals surface area contributed by atoms with Gasteiger partial charge in [-0.25, -0.2) is 4.79 Å². The highest BCUT2D eigenvalue weighted by molar-refractivity contribution is 6.31. The molecular formula is C14H11ClN2O3. The van der Waals surface area contributed by atoms with Gasteiger partial charge in [-0.1, -0.05) is 17.7 Å². The molecule has 0 aliphatic heterocycles. The van der Waals surface area contributed by atoms with E-state index in [0.717, 1.165) is 5.56 Å². The van der Waals surface area contributed by atoms with Gasteiger partial charge < -0.3 is 10.4 Å². The van der Waals surface area contributed by atoms with Gasteiger partial charge in [-0.2, -0.15) is 0 Å². The van der Waals surface area contributed by atoms with E-state index in [1.54, 1.807) is 24.5 Å². The molecule has 1 heterocycles. The van der Waals surface area contributed by atoms with Crippen molar-refractivity contribution in [3.8, 4) is 0 Å². The Kier molecular flexibility index (Phi) is 4.32. The Bertz CT molecular complexity index is 644. The predicted molar refractivity (Wildman–Crippen MR) is 75.0 cm³/mol. The van der Waals surface area contributed by atoms with E-state index in [9.17, 15) is 9.59 Å². The fraction of sp³-hybridized carbons (Fsp3) is 0.0714. The molecule has 2 aromatic rings. The number of benzene rings is 1. The van der Waals surface area contributed by atoms with Gasteiger partial charge >= 0.3 is 5.97 Å². The number of nitrogens with zero attached hydrogens (tertiary/aromatic N) is 1. The summed E-state index contributed by atoms with van der Waals surface area (Å²) < 4.78 is 0. The standard InChI is InChI=1S/C14H11ClN2O3/c15-10-3-4-11(14(19)20)12(7-10)17-13(18)6-9-2-1-5-16-8-9/h1-5,7-8H,6H2,(H,17,18)(H,19,20). The van der Waals surface area contributed by atoms with Crippen LogP contribution in [0.2, 0.25) is 5.02 Å². The molecule has 0 spiro atoms. The van der Waals surface area contributed by atoms with Crippen molar-refractivity contribution in [1.29, 1.82) is 0 Å². The number of hydrogen-bond donors (Lipinski definition) is 2. The molecule has 2 N–H and O–H groups in total. The number of aromatic carboxylic acids is 1. The summed E-state index contributed by atoms with van der Waals surface area (Å²) in [6.45, 7) is 0. The fourth-order valence-corrected chi connectivity index (χ4v) is 1.86. The molecule has 0 atom stereocenters. The van der Waals surface area contributed by atoms with Crippen LogP contribution in [-0.4, -0.2) is 22.0 Å². The van der Waals surface area contributed by atoms with Crippen LogP contribution in [0, 0.1) is 0 Å². The number of anilines is 1. The van der Waals surface area contributed by atoms with Crippen LogP contribution in [-0.2, 0) is 11.2 Å². The first kappa shape index (κ1) is 14.0. The first-order valence-electron chi connectivity index (χ1n) is 5.78. The quantitative estimate of drug-likeness (QED) is 0.907. The summed E-state index contributed by atoms with van der Waals surface area (Å²) in [5, 5.41) is 12.0. The van der Waals surface area contributed by atoms with Gasteiger partial charge in [0.25, 0.3) is 0 Å². The predicted octanol–water partition coefficient (Wildman–Crippen LogP) is 2.61. The number of nitrogens with one attached hydrogen (secondary N) is 1. The Labute approximate surface area is 120 Å². The van der Waals surface area contributed by atoms with Gasteiger partial charge in [0.1, 0.15) is 0 Å². The lowest BCUT2D eigenvalue weighted by atomic mass is 10.1. The van der Waals surface area contributed by atoms with Crippen molar-refractivity contribution in [3.63, 3.8) is 0 Å². The van der Waals surface area contributed by atoms with E-state index in [1.807, 2.05) is 0 Å². The van der Waals surface area contributed by atoms with E-state index in [0.29, 0.717) is 5.02 Å². The second-order valence-electron chi connectivity index (χ2n) is 4.08. The van der Waals surface area contributed by atoms with Gasteiger partial charge in [-0.15, -0.1) is 0 Å². The van der Waals surface area contributed by atoms with Crippen molar-refractivity contribution in [2.24, 2.45) is 0 Å². The van der Waals surface area contributed by atoms with Gasteiger partial charge in [-0.05, 0) is 29.8 Å². The van der Waals surface area contributed by atoms with Crippen molar-refractivity contribution in [1.82, 2.24) is 4.98 Å². The molecule has 1 amide bonds. The van der Waals surface area contributed by atoms with Gasteiger partial charge in [0, 0.05) is 17.4 Å². The number of rotatable bonds is 4. The molecule has 0 saturated carbocycles. The average molecular weight is 291 g/mol. The minimum Gasteiger partial charge on any atom is -0.478 e. The van der Waals surface area contributed by atoms with Crippen LogP contribution in [0.4, 0.5) is 5.69 Å². The van der Waals surface area contributed by atoms with E-state index in [1.165, 1.54) is 18.2 Å². The zero-order chi connectivity index (χ0) is 14.5. The van der Waals surface area contributed by atoms with E-state index < -0.39 is 5.97 Å². The summed E-state index contributed by atoms with van der Waals surface area (Å²) in [6, 6.07) is 7.71. The number of hydrogen-bond acceptors (Lipinski definition) is 3.